The fraction of sp³-hybridized carbons (Fsp3) is 0.500. The Hall–Kier alpha value is -1.09. The van der Waals surface area contributed by atoms with E-state index in [9.17, 15) is 4.79 Å². The Bertz CT molecular complexity index is 402. The first kappa shape index (κ1) is 12.4. The Kier molecular flexibility index (Phi) is 4.37. The first-order chi connectivity index (χ1) is 8.24. The maximum atomic E-state index is 11.7. The van der Waals surface area contributed by atoms with Crippen LogP contribution in [0.3, 0.4) is 0 Å². The van der Waals surface area contributed by atoms with Crippen LogP contribution in [0, 0.1) is 6.92 Å². The van der Waals surface area contributed by atoms with E-state index in [1.165, 1.54) is 24.1 Å². The molecule has 0 atom stereocenters. The van der Waals surface area contributed by atoms with E-state index < -0.39 is 0 Å². The predicted octanol–water partition coefficient (Wildman–Crippen LogP) is 3.52. The number of hydrogen-bond acceptors (Lipinski definition) is 2. The molecule has 0 bridgehead atoms. The molecule has 17 heavy (non-hydrogen) atoms. The predicted molar refractivity (Wildman–Crippen MR) is 73.1 cm³/mol. The number of hydrogen-bond donors (Lipinski definition) is 1. The zero-order chi connectivity index (χ0) is 12.1. The summed E-state index contributed by atoms with van der Waals surface area (Å²) in [6.45, 7) is 2.07. The van der Waals surface area contributed by atoms with Crippen molar-refractivity contribution >= 4 is 23.3 Å². The van der Waals surface area contributed by atoms with Crippen LogP contribution < -0.4 is 5.32 Å². The molecule has 1 N–H and O–H groups in total. The molecule has 3 heteroatoms. The van der Waals surface area contributed by atoms with Crippen LogP contribution in [0.25, 0.3) is 6.08 Å². The standard InChI is InChI=1S/C14H19NOS/c1-11-7-8-13(17-11)9-10-14(16)15-12-5-3-2-4-6-12/h7-10,12H,2-6H2,1H3,(H,15,16). The molecular weight excluding hydrogens is 230 g/mol. The lowest BCUT2D eigenvalue weighted by atomic mass is 9.95. The molecule has 1 saturated carbocycles. The molecule has 0 aliphatic heterocycles. The number of nitrogens with one attached hydrogen (secondary N) is 1. The largest absolute Gasteiger partial charge is 0.350 e. The summed E-state index contributed by atoms with van der Waals surface area (Å²) in [6.07, 6.45) is 9.64. The van der Waals surface area contributed by atoms with E-state index >= 15 is 0 Å². The average Bonchev–Trinajstić information content (AvgIpc) is 2.74. The van der Waals surface area contributed by atoms with Crippen LogP contribution in [0.2, 0.25) is 0 Å². The third-order valence-electron chi connectivity index (χ3n) is 3.11. The Morgan fingerprint density at radius 2 is 2.12 bits per heavy atom. The molecule has 0 radical (unpaired) electrons. The zero-order valence-electron chi connectivity index (χ0n) is 10.2. The van der Waals surface area contributed by atoms with Gasteiger partial charge in [0.05, 0.1) is 0 Å². The van der Waals surface area contributed by atoms with Crippen LogP contribution >= 0.6 is 11.3 Å². The minimum Gasteiger partial charge on any atom is -0.350 e. The van der Waals surface area contributed by atoms with Gasteiger partial charge in [0, 0.05) is 21.9 Å². The smallest absolute Gasteiger partial charge is 0.244 e. The normalized spacial score (nSPS) is 17.5. The van der Waals surface area contributed by atoms with Crippen molar-refractivity contribution < 1.29 is 4.79 Å². The van der Waals surface area contributed by atoms with Crippen LogP contribution in [0.15, 0.2) is 18.2 Å². The quantitative estimate of drug-likeness (QED) is 0.816. The van der Waals surface area contributed by atoms with E-state index in [4.69, 9.17) is 0 Å². The highest BCUT2D eigenvalue weighted by Crippen LogP contribution is 2.18. The molecule has 1 fully saturated rings. The third kappa shape index (κ3) is 4.00. The summed E-state index contributed by atoms with van der Waals surface area (Å²) in [6, 6.07) is 4.51. The Balaban J connectivity index is 1.82. The Labute approximate surface area is 107 Å². The monoisotopic (exact) mass is 249 g/mol. The maximum Gasteiger partial charge on any atom is 0.244 e. The van der Waals surface area contributed by atoms with Gasteiger partial charge in [0.25, 0.3) is 0 Å². The lowest BCUT2D eigenvalue weighted by molar-refractivity contribution is -0.117. The van der Waals surface area contributed by atoms with E-state index in [2.05, 4.69) is 18.3 Å². The summed E-state index contributed by atoms with van der Waals surface area (Å²) in [7, 11) is 0. The number of carbonyl (C=O) groups excluding carboxylic acids is 1. The summed E-state index contributed by atoms with van der Waals surface area (Å²) in [5.74, 6) is 0.0444. The maximum absolute atomic E-state index is 11.7. The lowest BCUT2D eigenvalue weighted by Gasteiger charge is -2.21. The summed E-state index contributed by atoms with van der Waals surface area (Å²) in [4.78, 5) is 14.1. The van der Waals surface area contributed by atoms with E-state index in [0.29, 0.717) is 6.04 Å². The van der Waals surface area contributed by atoms with Crippen molar-refractivity contribution in [2.75, 3.05) is 0 Å². The summed E-state index contributed by atoms with van der Waals surface area (Å²) in [5.41, 5.74) is 0. The molecule has 1 aliphatic carbocycles. The zero-order valence-corrected chi connectivity index (χ0v) is 11.1. The van der Waals surface area contributed by atoms with Gasteiger partial charge in [0.1, 0.15) is 0 Å². The molecule has 2 nitrogen and oxygen atoms in total. The van der Waals surface area contributed by atoms with Gasteiger partial charge in [-0.15, -0.1) is 11.3 Å². The molecule has 0 unspecified atom stereocenters. The van der Waals surface area contributed by atoms with Crippen molar-refractivity contribution in [2.45, 2.75) is 45.1 Å². The van der Waals surface area contributed by atoms with Crippen molar-refractivity contribution in [1.29, 1.82) is 0 Å². The van der Waals surface area contributed by atoms with Gasteiger partial charge in [-0.1, -0.05) is 19.3 Å². The lowest BCUT2D eigenvalue weighted by Crippen LogP contribution is -2.34. The SMILES string of the molecule is Cc1ccc(C=CC(=O)NC2CCCCC2)s1. The molecular formula is C14H19NOS. The molecule has 1 aliphatic rings. The Morgan fingerprint density at radius 1 is 1.35 bits per heavy atom. The number of amides is 1. The molecule has 1 aromatic rings. The van der Waals surface area contributed by atoms with E-state index in [0.717, 1.165) is 17.7 Å². The Morgan fingerprint density at radius 3 is 2.76 bits per heavy atom. The van der Waals surface area contributed by atoms with E-state index in [-0.39, 0.29) is 5.91 Å². The molecule has 1 aromatic heterocycles. The first-order valence-electron chi connectivity index (χ1n) is 6.29. The summed E-state index contributed by atoms with van der Waals surface area (Å²) >= 11 is 1.71. The molecule has 2 rings (SSSR count). The van der Waals surface area contributed by atoms with Gasteiger partial charge < -0.3 is 5.32 Å². The second-order valence-electron chi connectivity index (χ2n) is 4.63. The minimum absolute atomic E-state index is 0.0444. The number of carbonyl (C=O) groups is 1. The minimum atomic E-state index is 0.0444. The third-order valence-corrected chi connectivity index (χ3v) is 4.08. The summed E-state index contributed by atoms with van der Waals surface area (Å²) in [5, 5.41) is 3.07. The first-order valence-corrected chi connectivity index (χ1v) is 7.11. The highest BCUT2D eigenvalue weighted by Gasteiger charge is 2.13. The van der Waals surface area contributed by atoms with Gasteiger partial charge in [0.2, 0.25) is 5.91 Å². The van der Waals surface area contributed by atoms with Gasteiger partial charge in [-0.05, 0) is 38.0 Å². The average molecular weight is 249 g/mol. The number of thiophene rings is 1. The molecule has 0 saturated heterocycles. The molecule has 0 aromatic carbocycles. The molecule has 92 valence electrons. The van der Waals surface area contributed by atoms with Crippen LogP contribution in [0.4, 0.5) is 0 Å². The molecule has 0 spiro atoms. The van der Waals surface area contributed by atoms with Crippen LogP contribution in [-0.2, 0) is 4.79 Å². The van der Waals surface area contributed by atoms with Gasteiger partial charge >= 0.3 is 0 Å². The van der Waals surface area contributed by atoms with Gasteiger partial charge in [-0.2, -0.15) is 0 Å². The van der Waals surface area contributed by atoms with Crippen LogP contribution in [-0.4, -0.2) is 11.9 Å². The highest BCUT2D eigenvalue weighted by molar-refractivity contribution is 7.12. The fourth-order valence-electron chi connectivity index (χ4n) is 2.20. The van der Waals surface area contributed by atoms with Crippen molar-refractivity contribution in [3.8, 4) is 0 Å². The second-order valence-corrected chi connectivity index (χ2v) is 5.94. The topological polar surface area (TPSA) is 29.1 Å². The van der Waals surface area contributed by atoms with E-state index in [1.807, 2.05) is 12.1 Å². The van der Waals surface area contributed by atoms with Gasteiger partial charge in [-0.25, -0.2) is 0 Å². The fourth-order valence-corrected chi connectivity index (χ4v) is 2.98. The van der Waals surface area contributed by atoms with Gasteiger partial charge in [-0.3, -0.25) is 4.79 Å². The van der Waals surface area contributed by atoms with E-state index in [1.54, 1.807) is 17.4 Å². The summed E-state index contributed by atoms with van der Waals surface area (Å²) < 4.78 is 0. The van der Waals surface area contributed by atoms with Crippen molar-refractivity contribution in [3.05, 3.63) is 28.0 Å². The number of aryl methyl sites for hydroxylation is 1. The van der Waals surface area contributed by atoms with Crippen molar-refractivity contribution in [3.63, 3.8) is 0 Å². The van der Waals surface area contributed by atoms with Gasteiger partial charge in [0.15, 0.2) is 0 Å². The molecule has 1 heterocycles. The highest BCUT2D eigenvalue weighted by atomic mass is 32.1. The van der Waals surface area contributed by atoms with Crippen molar-refractivity contribution in [2.24, 2.45) is 0 Å². The second kappa shape index (κ2) is 6.01. The molecule has 1 amide bonds. The van der Waals surface area contributed by atoms with Crippen molar-refractivity contribution in [1.82, 2.24) is 5.32 Å². The van der Waals surface area contributed by atoms with Crippen LogP contribution in [0.5, 0.6) is 0 Å². The number of rotatable bonds is 3. The van der Waals surface area contributed by atoms with Crippen LogP contribution in [0.1, 0.15) is 41.9 Å².